The summed E-state index contributed by atoms with van der Waals surface area (Å²) in [5.41, 5.74) is 1.17. The van der Waals surface area contributed by atoms with Crippen molar-refractivity contribution in [1.29, 1.82) is 0 Å². The molecule has 0 spiro atoms. The Balaban J connectivity index is 2.19. The van der Waals surface area contributed by atoms with E-state index < -0.39 is 5.97 Å². The first-order chi connectivity index (χ1) is 7.65. The highest BCUT2D eigenvalue weighted by Gasteiger charge is 2.29. The molecular weight excluding hydrogens is 230 g/mol. The lowest BCUT2D eigenvalue weighted by Gasteiger charge is -1.96. The van der Waals surface area contributed by atoms with Crippen molar-refractivity contribution in [2.45, 2.75) is 18.8 Å². The lowest BCUT2D eigenvalue weighted by Crippen LogP contribution is -1.96. The molecule has 82 valence electrons. The van der Waals surface area contributed by atoms with Crippen LogP contribution in [0.15, 0.2) is 16.5 Å². The monoisotopic (exact) mass is 237 g/mol. The van der Waals surface area contributed by atoms with Gasteiger partial charge in [0.25, 0.3) is 0 Å². The van der Waals surface area contributed by atoms with Gasteiger partial charge >= 0.3 is 5.97 Å². The molecule has 1 N–H and O–H groups in total. The third-order valence-corrected chi connectivity index (χ3v) is 2.96. The molecule has 1 aliphatic rings. The Hall–Kier alpha value is -1.55. The van der Waals surface area contributed by atoms with Crippen LogP contribution in [-0.2, 0) is 0 Å². The van der Waals surface area contributed by atoms with Crippen molar-refractivity contribution in [3.63, 3.8) is 0 Å². The molecule has 1 heterocycles. The Morgan fingerprint density at radius 3 is 2.88 bits per heavy atom. The fourth-order valence-electron chi connectivity index (χ4n) is 1.64. The van der Waals surface area contributed by atoms with Crippen LogP contribution in [0.4, 0.5) is 0 Å². The number of carbonyl (C=O) groups is 1. The van der Waals surface area contributed by atoms with E-state index in [1.54, 1.807) is 0 Å². The van der Waals surface area contributed by atoms with Crippen molar-refractivity contribution < 1.29 is 14.3 Å². The molecule has 1 aromatic heterocycles. The molecule has 0 aliphatic heterocycles. The van der Waals surface area contributed by atoms with Crippen molar-refractivity contribution in [2.75, 3.05) is 0 Å². The van der Waals surface area contributed by atoms with Crippen LogP contribution in [0.25, 0.3) is 11.1 Å². The molecule has 1 aliphatic carbocycles. The van der Waals surface area contributed by atoms with E-state index in [0.717, 1.165) is 12.8 Å². The number of nitrogens with zero attached hydrogens (tertiary/aromatic N) is 1. The van der Waals surface area contributed by atoms with Crippen molar-refractivity contribution >= 4 is 28.7 Å². The minimum Gasteiger partial charge on any atom is -0.478 e. The zero-order chi connectivity index (χ0) is 11.3. The summed E-state index contributed by atoms with van der Waals surface area (Å²) in [6, 6.07) is 2.97. The van der Waals surface area contributed by atoms with E-state index in [1.807, 2.05) is 0 Å². The molecule has 5 heteroatoms. The summed E-state index contributed by atoms with van der Waals surface area (Å²) in [6.45, 7) is 0. The first-order valence-electron chi connectivity index (χ1n) is 4.98. The van der Waals surface area contributed by atoms with Crippen molar-refractivity contribution in [1.82, 2.24) is 4.98 Å². The van der Waals surface area contributed by atoms with Gasteiger partial charge in [-0.1, -0.05) is 11.6 Å². The molecule has 3 rings (SSSR count). The Kier molecular flexibility index (Phi) is 1.94. The fourth-order valence-corrected chi connectivity index (χ4v) is 1.87. The number of halogens is 1. The van der Waals surface area contributed by atoms with Crippen LogP contribution in [-0.4, -0.2) is 16.1 Å². The molecule has 1 saturated carbocycles. The molecule has 0 amide bonds. The topological polar surface area (TPSA) is 63.3 Å². The third-order valence-electron chi connectivity index (χ3n) is 2.65. The van der Waals surface area contributed by atoms with Crippen molar-refractivity contribution in [3.05, 3.63) is 28.6 Å². The maximum absolute atomic E-state index is 10.9. The molecule has 0 saturated heterocycles. The van der Waals surface area contributed by atoms with E-state index in [2.05, 4.69) is 4.98 Å². The first-order valence-corrected chi connectivity index (χ1v) is 5.36. The number of aromatic carboxylic acids is 1. The summed E-state index contributed by atoms with van der Waals surface area (Å²) < 4.78 is 5.52. The summed E-state index contributed by atoms with van der Waals surface area (Å²) in [7, 11) is 0. The maximum Gasteiger partial charge on any atom is 0.337 e. The molecule has 0 radical (unpaired) electrons. The predicted octanol–water partition coefficient (Wildman–Crippen LogP) is 3.06. The molecule has 16 heavy (non-hydrogen) atoms. The molecule has 0 bridgehead atoms. The number of carboxylic acid groups (broad SMARTS) is 1. The van der Waals surface area contributed by atoms with E-state index in [-0.39, 0.29) is 10.6 Å². The molecule has 0 unspecified atom stereocenters. The number of hydrogen-bond acceptors (Lipinski definition) is 3. The van der Waals surface area contributed by atoms with Gasteiger partial charge in [-0.15, -0.1) is 0 Å². The van der Waals surface area contributed by atoms with Gasteiger partial charge in [0, 0.05) is 12.0 Å². The van der Waals surface area contributed by atoms with Crippen LogP contribution >= 0.6 is 11.6 Å². The average Bonchev–Trinajstić information content (AvgIpc) is 2.98. The summed E-state index contributed by atoms with van der Waals surface area (Å²) in [5, 5.41) is 9.09. The quantitative estimate of drug-likeness (QED) is 0.872. The maximum atomic E-state index is 10.9. The van der Waals surface area contributed by atoms with E-state index in [1.165, 1.54) is 12.1 Å². The zero-order valence-corrected chi connectivity index (χ0v) is 8.99. The van der Waals surface area contributed by atoms with Crippen LogP contribution in [0.1, 0.15) is 35.0 Å². The second-order valence-electron chi connectivity index (χ2n) is 3.93. The molecular formula is C11H8ClNO3. The number of rotatable bonds is 2. The van der Waals surface area contributed by atoms with Gasteiger partial charge in [-0.3, -0.25) is 0 Å². The smallest absolute Gasteiger partial charge is 0.337 e. The van der Waals surface area contributed by atoms with E-state index in [9.17, 15) is 4.79 Å². The Morgan fingerprint density at radius 2 is 2.25 bits per heavy atom. The van der Waals surface area contributed by atoms with Gasteiger partial charge < -0.3 is 9.52 Å². The minimum atomic E-state index is -1.05. The third kappa shape index (κ3) is 1.46. The van der Waals surface area contributed by atoms with Crippen LogP contribution in [0.2, 0.25) is 5.02 Å². The standard InChI is InChI=1S/C11H8ClNO3/c12-7-4-9-8(3-6(7)11(14)15)13-10(16-9)5-1-2-5/h3-5H,1-2H2,(H,14,15). The summed E-state index contributed by atoms with van der Waals surface area (Å²) in [5.74, 6) is 0.0379. The highest BCUT2D eigenvalue weighted by Crippen LogP contribution is 2.41. The van der Waals surface area contributed by atoms with Crippen LogP contribution in [0.5, 0.6) is 0 Å². The van der Waals surface area contributed by atoms with Crippen molar-refractivity contribution in [3.8, 4) is 0 Å². The highest BCUT2D eigenvalue weighted by molar-refractivity contribution is 6.34. The Labute approximate surface area is 95.8 Å². The molecule has 2 aromatic rings. The molecule has 4 nitrogen and oxygen atoms in total. The number of carboxylic acids is 1. The van der Waals surface area contributed by atoms with Gasteiger partial charge in [-0.25, -0.2) is 9.78 Å². The molecule has 1 aromatic carbocycles. The Morgan fingerprint density at radius 1 is 1.50 bits per heavy atom. The van der Waals surface area contributed by atoms with Gasteiger partial charge in [-0.2, -0.15) is 0 Å². The largest absolute Gasteiger partial charge is 0.478 e. The Bertz CT molecular complexity index is 586. The lowest BCUT2D eigenvalue weighted by molar-refractivity contribution is 0.0697. The van der Waals surface area contributed by atoms with Gasteiger partial charge in [0.05, 0.1) is 10.6 Å². The number of hydrogen-bond donors (Lipinski definition) is 1. The van der Waals surface area contributed by atoms with Gasteiger partial charge in [0.1, 0.15) is 5.52 Å². The second-order valence-corrected chi connectivity index (χ2v) is 4.34. The molecule has 0 atom stereocenters. The first kappa shape index (κ1) is 9.66. The second kappa shape index (κ2) is 3.22. The predicted molar refractivity (Wildman–Crippen MR) is 58.0 cm³/mol. The normalized spacial score (nSPS) is 15.6. The van der Waals surface area contributed by atoms with Crippen LogP contribution in [0, 0.1) is 0 Å². The zero-order valence-electron chi connectivity index (χ0n) is 8.24. The molecule has 1 fully saturated rings. The van der Waals surface area contributed by atoms with E-state index in [4.69, 9.17) is 21.1 Å². The number of oxazole rings is 1. The van der Waals surface area contributed by atoms with Crippen LogP contribution in [0.3, 0.4) is 0 Å². The number of benzene rings is 1. The van der Waals surface area contributed by atoms with E-state index in [0.29, 0.717) is 22.9 Å². The summed E-state index contributed by atoms with van der Waals surface area (Å²) in [4.78, 5) is 15.1. The average molecular weight is 238 g/mol. The van der Waals surface area contributed by atoms with Gasteiger partial charge in [0.15, 0.2) is 11.5 Å². The van der Waals surface area contributed by atoms with Crippen LogP contribution < -0.4 is 0 Å². The minimum absolute atomic E-state index is 0.0600. The fraction of sp³-hybridized carbons (Fsp3) is 0.273. The van der Waals surface area contributed by atoms with Crippen molar-refractivity contribution in [2.24, 2.45) is 0 Å². The number of fused-ring (bicyclic) bond motifs is 1. The van der Waals surface area contributed by atoms with E-state index >= 15 is 0 Å². The summed E-state index contributed by atoms with van der Waals surface area (Å²) >= 11 is 5.83. The SMILES string of the molecule is O=C(O)c1cc2nc(C3CC3)oc2cc1Cl. The highest BCUT2D eigenvalue weighted by atomic mass is 35.5. The summed E-state index contributed by atoms with van der Waals surface area (Å²) in [6.07, 6.45) is 2.18. The number of aromatic nitrogens is 1. The van der Waals surface area contributed by atoms with Gasteiger partial charge in [-0.05, 0) is 18.9 Å². The lowest BCUT2D eigenvalue weighted by atomic mass is 10.2. The van der Waals surface area contributed by atoms with Gasteiger partial charge in [0.2, 0.25) is 0 Å².